The van der Waals surface area contributed by atoms with E-state index < -0.39 is 5.91 Å². The van der Waals surface area contributed by atoms with Gasteiger partial charge in [-0.3, -0.25) is 25.2 Å². The quantitative estimate of drug-likeness (QED) is 0.499. The Balaban J connectivity index is 1.43. The lowest BCUT2D eigenvalue weighted by Gasteiger charge is -2.08. The van der Waals surface area contributed by atoms with Gasteiger partial charge in [0.25, 0.3) is 17.7 Å². The number of fused-ring (bicyclic) bond motifs is 1. The Morgan fingerprint density at radius 1 is 1.00 bits per heavy atom. The molecule has 1 aromatic carbocycles. The van der Waals surface area contributed by atoms with Crippen molar-refractivity contribution in [1.29, 1.82) is 0 Å². The number of carbonyl (C=O) groups is 3. The van der Waals surface area contributed by atoms with E-state index in [9.17, 15) is 14.4 Å². The summed E-state index contributed by atoms with van der Waals surface area (Å²) in [4.78, 5) is 38.2. The van der Waals surface area contributed by atoms with Gasteiger partial charge in [-0.25, -0.2) is 0 Å². The molecule has 1 aliphatic carbocycles. The van der Waals surface area contributed by atoms with Crippen molar-refractivity contribution in [3.8, 4) is 5.75 Å². The van der Waals surface area contributed by atoms with Crippen LogP contribution in [0.5, 0.6) is 5.75 Å². The van der Waals surface area contributed by atoms with Gasteiger partial charge in [0.2, 0.25) is 0 Å². The predicted molar refractivity (Wildman–Crippen MR) is 111 cm³/mol. The van der Waals surface area contributed by atoms with Crippen molar-refractivity contribution < 1.29 is 19.1 Å². The Bertz CT molecular complexity index is 853. The number of amides is 3. The molecule has 0 aliphatic heterocycles. The van der Waals surface area contributed by atoms with Crippen molar-refractivity contribution in [3.05, 3.63) is 51.2 Å². The molecule has 0 atom stereocenters. The lowest BCUT2D eigenvalue weighted by molar-refractivity contribution is -0.120. The van der Waals surface area contributed by atoms with Crippen LogP contribution in [-0.2, 0) is 17.6 Å². The van der Waals surface area contributed by atoms with E-state index in [4.69, 9.17) is 4.74 Å². The molecule has 8 heteroatoms. The van der Waals surface area contributed by atoms with Gasteiger partial charge in [-0.15, -0.1) is 11.3 Å². The maximum Gasteiger partial charge on any atom is 0.279 e. The number of thiophene rings is 1. The first-order chi connectivity index (χ1) is 14.1. The Hall–Kier alpha value is -2.87. The van der Waals surface area contributed by atoms with Crippen LogP contribution in [0.4, 0.5) is 0 Å². The number of nitrogens with one attached hydrogen (secondary N) is 3. The van der Waals surface area contributed by atoms with Crippen LogP contribution in [0.2, 0.25) is 0 Å². The third-order valence-corrected chi connectivity index (χ3v) is 5.86. The normalized spacial score (nSPS) is 13.0. The van der Waals surface area contributed by atoms with Gasteiger partial charge < -0.3 is 10.1 Å². The highest BCUT2D eigenvalue weighted by atomic mass is 32.1. The molecule has 3 N–H and O–H groups in total. The van der Waals surface area contributed by atoms with Gasteiger partial charge in [0.1, 0.15) is 5.75 Å². The second kappa shape index (κ2) is 10.1. The Kier molecular flexibility index (Phi) is 7.24. The van der Waals surface area contributed by atoms with E-state index in [1.165, 1.54) is 28.2 Å². The van der Waals surface area contributed by atoms with Crippen LogP contribution in [0, 0.1) is 0 Å². The molecule has 2 aromatic rings. The topological polar surface area (TPSA) is 96.5 Å². The molecule has 1 heterocycles. The molecule has 0 unspecified atom stereocenters. The van der Waals surface area contributed by atoms with E-state index in [1.807, 2.05) is 13.0 Å². The summed E-state index contributed by atoms with van der Waals surface area (Å²) in [6.45, 7) is 2.19. The fourth-order valence-electron chi connectivity index (χ4n) is 3.14. The zero-order valence-corrected chi connectivity index (χ0v) is 17.2. The van der Waals surface area contributed by atoms with E-state index in [-0.39, 0.29) is 18.4 Å². The van der Waals surface area contributed by atoms with E-state index in [0.29, 0.717) is 22.8 Å². The molecule has 0 bridgehead atoms. The van der Waals surface area contributed by atoms with Crippen LogP contribution in [0.25, 0.3) is 0 Å². The molecule has 3 amide bonds. The maximum absolute atomic E-state index is 12.3. The highest BCUT2D eigenvalue weighted by Crippen LogP contribution is 2.28. The molecule has 0 fully saturated rings. The van der Waals surface area contributed by atoms with E-state index in [1.54, 1.807) is 24.3 Å². The van der Waals surface area contributed by atoms with Gasteiger partial charge in [0.15, 0.2) is 0 Å². The molecule has 0 saturated carbocycles. The average molecular weight is 416 g/mol. The predicted octanol–water partition coefficient (Wildman–Crippen LogP) is 2.61. The van der Waals surface area contributed by atoms with Gasteiger partial charge in [0.05, 0.1) is 18.0 Å². The minimum Gasteiger partial charge on any atom is -0.494 e. The Morgan fingerprint density at radius 3 is 2.52 bits per heavy atom. The lowest BCUT2D eigenvalue weighted by atomic mass is 10.1. The lowest BCUT2D eigenvalue weighted by Crippen LogP contribution is -2.46. The second-order valence-corrected chi connectivity index (χ2v) is 7.90. The minimum atomic E-state index is -0.504. The van der Waals surface area contributed by atoms with E-state index >= 15 is 0 Å². The molecular formula is C21H25N3O4S. The smallest absolute Gasteiger partial charge is 0.279 e. The summed E-state index contributed by atoms with van der Waals surface area (Å²) in [5.41, 5.74) is 6.42. The standard InChI is InChI=1S/C21H25N3O4S/c1-2-28-16-10-8-14(9-11-16)20(26)22-13-19(25)23-24-21(27)18-12-15-6-4-3-5-7-17(15)29-18/h8-12H,2-7,13H2,1H3,(H,22,26)(H,23,25)(H,24,27). The average Bonchev–Trinajstić information content (AvgIpc) is 3.01. The number of benzene rings is 1. The van der Waals surface area contributed by atoms with Crippen LogP contribution in [0.3, 0.4) is 0 Å². The third-order valence-electron chi connectivity index (χ3n) is 4.62. The number of ether oxygens (including phenoxy) is 1. The molecule has 1 aromatic heterocycles. The molecule has 3 rings (SSSR count). The molecule has 1 aliphatic rings. The van der Waals surface area contributed by atoms with Crippen LogP contribution in [0.15, 0.2) is 30.3 Å². The number of carbonyl (C=O) groups excluding carboxylic acids is 3. The van der Waals surface area contributed by atoms with Gasteiger partial charge in [-0.1, -0.05) is 6.42 Å². The summed E-state index contributed by atoms with van der Waals surface area (Å²) in [6, 6.07) is 8.56. The van der Waals surface area contributed by atoms with Crippen molar-refractivity contribution in [3.63, 3.8) is 0 Å². The molecule has 0 radical (unpaired) electrons. The fourth-order valence-corrected chi connectivity index (χ4v) is 4.29. The monoisotopic (exact) mass is 415 g/mol. The SMILES string of the molecule is CCOc1ccc(C(=O)NCC(=O)NNC(=O)c2cc3c(s2)CCCCC3)cc1. The van der Waals surface area contributed by atoms with Crippen molar-refractivity contribution >= 4 is 29.1 Å². The summed E-state index contributed by atoms with van der Waals surface area (Å²) in [6.07, 6.45) is 5.54. The zero-order chi connectivity index (χ0) is 20.6. The maximum atomic E-state index is 12.3. The second-order valence-electron chi connectivity index (χ2n) is 6.76. The molecule has 29 heavy (non-hydrogen) atoms. The highest BCUT2D eigenvalue weighted by Gasteiger charge is 2.17. The van der Waals surface area contributed by atoms with Crippen LogP contribution in [-0.4, -0.2) is 30.9 Å². The molecular weight excluding hydrogens is 390 g/mol. The van der Waals surface area contributed by atoms with E-state index in [2.05, 4.69) is 16.2 Å². The first kappa shape index (κ1) is 20.9. The first-order valence-electron chi connectivity index (χ1n) is 9.78. The molecule has 154 valence electrons. The van der Waals surface area contributed by atoms with Crippen molar-refractivity contribution in [2.45, 2.75) is 39.0 Å². The highest BCUT2D eigenvalue weighted by molar-refractivity contribution is 7.14. The largest absolute Gasteiger partial charge is 0.494 e. The van der Waals surface area contributed by atoms with E-state index in [0.717, 1.165) is 25.7 Å². The zero-order valence-electron chi connectivity index (χ0n) is 16.4. The third kappa shape index (κ3) is 5.80. The summed E-state index contributed by atoms with van der Waals surface area (Å²) >= 11 is 1.49. The van der Waals surface area contributed by atoms with Gasteiger partial charge in [-0.05, 0) is 68.5 Å². The van der Waals surface area contributed by atoms with Gasteiger partial charge in [0, 0.05) is 10.4 Å². The van der Waals surface area contributed by atoms with Crippen LogP contribution >= 0.6 is 11.3 Å². The number of hydrogen-bond acceptors (Lipinski definition) is 5. The van der Waals surface area contributed by atoms with Crippen LogP contribution < -0.4 is 20.9 Å². The number of aryl methyl sites for hydroxylation is 2. The molecule has 0 saturated heterocycles. The van der Waals surface area contributed by atoms with Crippen molar-refractivity contribution in [1.82, 2.24) is 16.2 Å². The van der Waals surface area contributed by atoms with Gasteiger partial charge >= 0.3 is 0 Å². The Labute approximate surface area is 173 Å². The van der Waals surface area contributed by atoms with Crippen LogP contribution in [0.1, 0.15) is 56.7 Å². The summed E-state index contributed by atoms with van der Waals surface area (Å²) in [5.74, 6) is -0.545. The molecule has 7 nitrogen and oxygen atoms in total. The summed E-state index contributed by atoms with van der Waals surface area (Å²) in [5, 5.41) is 2.52. The fraction of sp³-hybridized carbons (Fsp3) is 0.381. The number of hydrogen-bond donors (Lipinski definition) is 3. The summed E-state index contributed by atoms with van der Waals surface area (Å²) in [7, 11) is 0. The summed E-state index contributed by atoms with van der Waals surface area (Å²) < 4.78 is 5.33. The van der Waals surface area contributed by atoms with Crippen molar-refractivity contribution in [2.24, 2.45) is 0 Å². The first-order valence-corrected chi connectivity index (χ1v) is 10.6. The minimum absolute atomic E-state index is 0.243. The Morgan fingerprint density at radius 2 is 1.76 bits per heavy atom. The number of rotatable bonds is 6. The van der Waals surface area contributed by atoms with Crippen molar-refractivity contribution in [2.75, 3.05) is 13.2 Å². The van der Waals surface area contributed by atoms with Gasteiger partial charge in [-0.2, -0.15) is 0 Å². The number of hydrazine groups is 1. The molecule has 0 spiro atoms.